The minimum absolute atomic E-state index is 0.0122. The number of nitrogens with zero attached hydrogens (tertiary/aromatic N) is 1. The first kappa shape index (κ1) is 14.0. The summed E-state index contributed by atoms with van der Waals surface area (Å²) in [5.74, 6) is -1.06. The maximum atomic E-state index is 12.0. The fraction of sp³-hybridized carbons (Fsp3) is 0. The van der Waals surface area contributed by atoms with Crippen LogP contribution in [0.1, 0.15) is 10.4 Å². The van der Waals surface area contributed by atoms with Crippen molar-refractivity contribution >= 4 is 49.1 Å². The lowest BCUT2D eigenvalue weighted by Gasteiger charge is -2.05. The molecule has 0 atom stereocenters. The molecule has 0 aliphatic heterocycles. The molecule has 19 heavy (non-hydrogen) atoms. The van der Waals surface area contributed by atoms with Gasteiger partial charge in [0.2, 0.25) is 0 Å². The van der Waals surface area contributed by atoms with E-state index in [1.807, 2.05) is 0 Å². The molecule has 0 aliphatic carbocycles. The molecule has 2 rings (SSSR count). The minimum Gasteiger partial charge on any atom is -0.478 e. The van der Waals surface area contributed by atoms with Gasteiger partial charge in [-0.15, -0.1) is 11.3 Å². The van der Waals surface area contributed by atoms with Gasteiger partial charge in [-0.2, -0.15) is 0 Å². The predicted octanol–water partition coefficient (Wildman–Crippen LogP) is 2.40. The van der Waals surface area contributed by atoms with Crippen molar-refractivity contribution in [2.75, 3.05) is 4.72 Å². The number of nitrogens with one attached hydrogen (secondary N) is 1. The van der Waals surface area contributed by atoms with Gasteiger partial charge in [0, 0.05) is 6.20 Å². The van der Waals surface area contributed by atoms with Gasteiger partial charge < -0.3 is 5.11 Å². The van der Waals surface area contributed by atoms with Crippen LogP contribution in [-0.2, 0) is 10.0 Å². The van der Waals surface area contributed by atoms with E-state index in [4.69, 9.17) is 5.11 Å². The zero-order valence-electron chi connectivity index (χ0n) is 9.20. The molecule has 100 valence electrons. The van der Waals surface area contributed by atoms with E-state index in [2.05, 4.69) is 25.6 Å². The average Bonchev–Trinajstić information content (AvgIpc) is 2.77. The van der Waals surface area contributed by atoms with Gasteiger partial charge >= 0.3 is 5.97 Å². The van der Waals surface area contributed by atoms with Crippen molar-refractivity contribution in [1.29, 1.82) is 0 Å². The normalized spacial score (nSPS) is 11.2. The standard InChI is InChI=1S/C10H7BrN2O4S2/c11-7-2-4-9(18-7)19(16,17)13-8-3-1-6(5-12-8)10(14)15/h1-5H,(H,12,13)(H,14,15). The number of hydrogen-bond donors (Lipinski definition) is 2. The van der Waals surface area contributed by atoms with Crippen LogP contribution in [0.5, 0.6) is 0 Å². The average molecular weight is 363 g/mol. The van der Waals surface area contributed by atoms with Gasteiger partial charge in [0.05, 0.1) is 9.35 Å². The molecule has 2 aromatic heterocycles. The molecule has 0 unspecified atom stereocenters. The number of carbonyl (C=O) groups is 1. The molecule has 0 saturated heterocycles. The van der Waals surface area contributed by atoms with Gasteiger partial charge in [0.1, 0.15) is 10.0 Å². The van der Waals surface area contributed by atoms with E-state index in [1.54, 1.807) is 6.07 Å². The van der Waals surface area contributed by atoms with Crippen molar-refractivity contribution < 1.29 is 18.3 Å². The van der Waals surface area contributed by atoms with Crippen molar-refractivity contribution in [1.82, 2.24) is 4.98 Å². The van der Waals surface area contributed by atoms with Gasteiger partial charge in [-0.3, -0.25) is 4.72 Å². The lowest BCUT2D eigenvalue weighted by molar-refractivity contribution is 0.0696. The summed E-state index contributed by atoms with van der Waals surface area (Å²) >= 11 is 4.25. The second-order valence-electron chi connectivity index (χ2n) is 3.40. The monoisotopic (exact) mass is 362 g/mol. The maximum absolute atomic E-state index is 12.0. The Balaban J connectivity index is 2.23. The number of aromatic carboxylic acids is 1. The van der Waals surface area contributed by atoms with Gasteiger partial charge in [0.15, 0.2) is 0 Å². The van der Waals surface area contributed by atoms with Crippen LogP contribution in [0.3, 0.4) is 0 Å². The third-order valence-corrected chi connectivity index (χ3v) is 5.53. The zero-order chi connectivity index (χ0) is 14.0. The lowest BCUT2D eigenvalue weighted by Crippen LogP contribution is -2.12. The number of carboxylic acids is 1. The molecule has 0 spiro atoms. The second-order valence-corrected chi connectivity index (χ2v) is 7.77. The fourth-order valence-corrected chi connectivity index (χ4v) is 4.23. The molecular formula is C10H7BrN2O4S2. The molecule has 0 saturated carbocycles. The van der Waals surface area contributed by atoms with Crippen LogP contribution in [-0.4, -0.2) is 24.5 Å². The Labute approximate surface area is 121 Å². The summed E-state index contributed by atoms with van der Waals surface area (Å²) in [6.07, 6.45) is 1.09. The highest BCUT2D eigenvalue weighted by Crippen LogP contribution is 2.27. The third kappa shape index (κ3) is 3.31. The summed E-state index contributed by atoms with van der Waals surface area (Å²) in [5, 5.41) is 8.71. The number of sulfonamides is 1. The quantitative estimate of drug-likeness (QED) is 0.870. The van der Waals surface area contributed by atoms with E-state index >= 15 is 0 Å². The highest BCUT2D eigenvalue weighted by Gasteiger charge is 2.17. The molecule has 2 heterocycles. The van der Waals surface area contributed by atoms with Crippen molar-refractivity contribution in [2.24, 2.45) is 0 Å². The number of hydrogen-bond acceptors (Lipinski definition) is 5. The number of thiophene rings is 1. The number of halogens is 1. The Morgan fingerprint density at radius 3 is 2.53 bits per heavy atom. The number of rotatable bonds is 4. The van der Waals surface area contributed by atoms with Crippen molar-refractivity contribution in [3.05, 3.63) is 39.8 Å². The van der Waals surface area contributed by atoms with Crippen LogP contribution >= 0.6 is 27.3 Å². The summed E-state index contributed by atoms with van der Waals surface area (Å²) in [5.41, 5.74) is -0.0122. The maximum Gasteiger partial charge on any atom is 0.337 e. The van der Waals surface area contributed by atoms with E-state index in [-0.39, 0.29) is 15.6 Å². The first-order valence-corrected chi connectivity index (χ1v) is 7.95. The van der Waals surface area contributed by atoms with Crippen LogP contribution in [0, 0.1) is 0 Å². The SMILES string of the molecule is O=C(O)c1ccc(NS(=O)(=O)c2ccc(Br)s2)nc1. The van der Waals surface area contributed by atoms with Crippen LogP contribution in [0.2, 0.25) is 0 Å². The number of aromatic nitrogens is 1. The zero-order valence-corrected chi connectivity index (χ0v) is 12.4. The molecule has 2 N–H and O–H groups in total. The molecule has 9 heteroatoms. The van der Waals surface area contributed by atoms with Gasteiger partial charge in [-0.05, 0) is 40.2 Å². The van der Waals surface area contributed by atoms with Crippen LogP contribution in [0.25, 0.3) is 0 Å². The number of anilines is 1. The van der Waals surface area contributed by atoms with E-state index in [9.17, 15) is 13.2 Å². The number of pyridine rings is 1. The summed E-state index contributed by atoms with van der Waals surface area (Å²) < 4.78 is 27.0. The first-order chi connectivity index (χ1) is 8.88. The van der Waals surface area contributed by atoms with Crippen LogP contribution in [0.4, 0.5) is 5.82 Å². The summed E-state index contributed by atoms with van der Waals surface area (Å²) in [6, 6.07) is 5.66. The molecule has 0 aliphatic rings. The smallest absolute Gasteiger partial charge is 0.337 e. The third-order valence-electron chi connectivity index (χ3n) is 2.06. The summed E-state index contributed by atoms with van der Waals surface area (Å²) in [4.78, 5) is 14.4. The van der Waals surface area contributed by atoms with Crippen molar-refractivity contribution in [3.63, 3.8) is 0 Å². The molecule has 0 radical (unpaired) electrons. The predicted molar refractivity (Wildman–Crippen MR) is 74.0 cm³/mol. The largest absolute Gasteiger partial charge is 0.478 e. The minimum atomic E-state index is -3.70. The van der Waals surface area contributed by atoms with E-state index < -0.39 is 16.0 Å². The second kappa shape index (κ2) is 5.27. The lowest BCUT2D eigenvalue weighted by atomic mass is 10.3. The molecule has 0 aromatic carbocycles. The van der Waals surface area contributed by atoms with E-state index in [0.29, 0.717) is 3.79 Å². The Kier molecular flexibility index (Phi) is 3.88. The molecule has 2 aromatic rings. The fourth-order valence-electron chi connectivity index (χ4n) is 1.21. The molecular weight excluding hydrogens is 356 g/mol. The van der Waals surface area contributed by atoms with Crippen LogP contribution < -0.4 is 4.72 Å². The van der Waals surface area contributed by atoms with E-state index in [0.717, 1.165) is 17.5 Å². The topological polar surface area (TPSA) is 96.4 Å². The van der Waals surface area contributed by atoms with Gasteiger partial charge in [-0.25, -0.2) is 18.2 Å². The highest BCUT2D eigenvalue weighted by molar-refractivity contribution is 9.11. The van der Waals surface area contributed by atoms with Gasteiger partial charge in [0.25, 0.3) is 10.0 Å². The Morgan fingerprint density at radius 2 is 2.05 bits per heavy atom. The van der Waals surface area contributed by atoms with Crippen molar-refractivity contribution in [3.8, 4) is 0 Å². The molecule has 0 fully saturated rings. The summed E-state index contributed by atoms with van der Waals surface area (Å²) in [6.45, 7) is 0. The molecule has 0 bridgehead atoms. The Morgan fingerprint density at radius 1 is 1.32 bits per heavy atom. The Hall–Kier alpha value is -1.45. The van der Waals surface area contributed by atoms with E-state index in [1.165, 1.54) is 18.2 Å². The first-order valence-electron chi connectivity index (χ1n) is 4.86. The van der Waals surface area contributed by atoms with Crippen LogP contribution in [0.15, 0.2) is 38.5 Å². The van der Waals surface area contributed by atoms with Crippen molar-refractivity contribution in [2.45, 2.75) is 4.21 Å². The highest BCUT2D eigenvalue weighted by atomic mass is 79.9. The molecule has 6 nitrogen and oxygen atoms in total. The molecule has 0 amide bonds. The van der Waals surface area contributed by atoms with Gasteiger partial charge in [-0.1, -0.05) is 0 Å². The number of carboxylic acid groups (broad SMARTS) is 1. The summed E-state index contributed by atoms with van der Waals surface area (Å²) in [7, 11) is -3.70. The Bertz CT molecular complexity index is 709.